The Labute approximate surface area is 86.4 Å². The highest BCUT2D eigenvalue weighted by Gasteiger charge is 2.28. The van der Waals surface area contributed by atoms with Crippen LogP contribution in [-0.2, 0) is 4.79 Å². The quantitative estimate of drug-likeness (QED) is 0.631. The van der Waals surface area contributed by atoms with Crippen LogP contribution in [-0.4, -0.2) is 47.9 Å². The zero-order valence-electron chi connectivity index (χ0n) is 9.36. The summed E-state index contributed by atoms with van der Waals surface area (Å²) in [7, 11) is 1.86. The molecule has 0 spiro atoms. The molecule has 3 nitrogen and oxygen atoms in total. The lowest BCUT2D eigenvalue weighted by Crippen LogP contribution is -2.39. The van der Waals surface area contributed by atoms with Crippen LogP contribution in [0, 0.1) is 0 Å². The average molecular weight is 196 g/mol. The van der Waals surface area contributed by atoms with E-state index in [1.165, 1.54) is 6.08 Å². The van der Waals surface area contributed by atoms with E-state index in [1.54, 1.807) is 4.90 Å². The van der Waals surface area contributed by atoms with Gasteiger partial charge in [0, 0.05) is 32.2 Å². The Bertz CT molecular complexity index is 225. The van der Waals surface area contributed by atoms with Gasteiger partial charge in [-0.2, -0.15) is 0 Å². The predicted molar refractivity (Wildman–Crippen MR) is 58.1 cm³/mol. The first-order valence-corrected chi connectivity index (χ1v) is 5.19. The van der Waals surface area contributed by atoms with E-state index in [4.69, 9.17) is 0 Å². The number of rotatable bonds is 3. The highest BCUT2D eigenvalue weighted by Crippen LogP contribution is 2.16. The van der Waals surface area contributed by atoms with Crippen LogP contribution in [0.15, 0.2) is 12.7 Å². The third-order valence-electron chi connectivity index (χ3n) is 3.00. The van der Waals surface area contributed by atoms with E-state index < -0.39 is 0 Å². The van der Waals surface area contributed by atoms with Gasteiger partial charge in [0.15, 0.2) is 0 Å². The smallest absolute Gasteiger partial charge is 0.245 e. The monoisotopic (exact) mass is 196 g/mol. The Balaban J connectivity index is 2.49. The zero-order chi connectivity index (χ0) is 10.7. The standard InChI is InChI=1S/C11H20N2O/c1-5-11(14)12(4)10-6-7-13(8-10)9(2)3/h5,9-10H,1,6-8H2,2-4H3. The molecule has 3 heteroatoms. The summed E-state index contributed by atoms with van der Waals surface area (Å²) in [5.41, 5.74) is 0. The minimum atomic E-state index is 0.0283. The fourth-order valence-corrected chi connectivity index (χ4v) is 1.88. The maximum Gasteiger partial charge on any atom is 0.245 e. The molecule has 0 radical (unpaired) electrons. The molecule has 1 rings (SSSR count). The number of nitrogens with zero attached hydrogens (tertiary/aromatic N) is 2. The molecule has 1 aliphatic rings. The second-order valence-electron chi connectivity index (χ2n) is 4.18. The molecule has 0 N–H and O–H groups in total. The molecule has 1 saturated heterocycles. The molecule has 1 heterocycles. The molecule has 1 atom stereocenters. The molecule has 80 valence electrons. The maximum atomic E-state index is 11.4. The molecule has 0 aromatic heterocycles. The predicted octanol–water partition coefficient (Wildman–Crippen LogP) is 1.11. The van der Waals surface area contributed by atoms with E-state index in [1.807, 2.05) is 7.05 Å². The lowest BCUT2D eigenvalue weighted by atomic mass is 10.2. The van der Waals surface area contributed by atoms with Crippen molar-refractivity contribution in [2.75, 3.05) is 20.1 Å². The SMILES string of the molecule is C=CC(=O)N(C)C1CCN(C(C)C)C1. The summed E-state index contributed by atoms with van der Waals surface area (Å²) in [6.07, 6.45) is 2.46. The van der Waals surface area contributed by atoms with Gasteiger partial charge >= 0.3 is 0 Å². The van der Waals surface area contributed by atoms with Crippen molar-refractivity contribution >= 4 is 5.91 Å². The highest BCUT2D eigenvalue weighted by molar-refractivity contribution is 5.87. The van der Waals surface area contributed by atoms with E-state index in [0.29, 0.717) is 12.1 Å². The van der Waals surface area contributed by atoms with E-state index in [0.717, 1.165) is 19.5 Å². The molecule has 1 amide bonds. The fourth-order valence-electron chi connectivity index (χ4n) is 1.88. The Kier molecular flexibility index (Phi) is 3.69. The van der Waals surface area contributed by atoms with Crippen molar-refractivity contribution in [3.05, 3.63) is 12.7 Å². The Morgan fingerprint density at radius 1 is 1.64 bits per heavy atom. The van der Waals surface area contributed by atoms with Gasteiger partial charge in [-0.25, -0.2) is 0 Å². The second kappa shape index (κ2) is 4.60. The third-order valence-corrected chi connectivity index (χ3v) is 3.00. The minimum Gasteiger partial charge on any atom is -0.338 e. The normalized spacial score (nSPS) is 22.7. The van der Waals surface area contributed by atoms with Gasteiger partial charge in [-0.3, -0.25) is 9.69 Å². The van der Waals surface area contributed by atoms with Crippen molar-refractivity contribution in [2.24, 2.45) is 0 Å². The number of carbonyl (C=O) groups is 1. The van der Waals surface area contributed by atoms with E-state index in [9.17, 15) is 4.79 Å². The second-order valence-corrected chi connectivity index (χ2v) is 4.18. The lowest BCUT2D eigenvalue weighted by Gasteiger charge is -2.25. The van der Waals surface area contributed by atoms with Crippen molar-refractivity contribution in [1.29, 1.82) is 0 Å². The van der Waals surface area contributed by atoms with Crippen LogP contribution < -0.4 is 0 Å². The molecule has 14 heavy (non-hydrogen) atoms. The third kappa shape index (κ3) is 2.35. The van der Waals surface area contributed by atoms with Gasteiger partial charge in [-0.15, -0.1) is 0 Å². The molecule has 0 aromatic carbocycles. The molecular formula is C11H20N2O. The molecular weight excluding hydrogens is 176 g/mol. The van der Waals surface area contributed by atoms with Crippen molar-refractivity contribution in [3.8, 4) is 0 Å². The summed E-state index contributed by atoms with van der Waals surface area (Å²) in [6.45, 7) is 9.97. The zero-order valence-corrected chi connectivity index (χ0v) is 9.36. The lowest BCUT2D eigenvalue weighted by molar-refractivity contribution is -0.126. The van der Waals surface area contributed by atoms with Crippen LogP contribution in [0.1, 0.15) is 20.3 Å². The van der Waals surface area contributed by atoms with Crippen LogP contribution in [0.2, 0.25) is 0 Å². The van der Waals surface area contributed by atoms with Crippen LogP contribution >= 0.6 is 0 Å². The summed E-state index contributed by atoms with van der Waals surface area (Å²) >= 11 is 0. The largest absolute Gasteiger partial charge is 0.338 e. The van der Waals surface area contributed by atoms with Gasteiger partial charge in [-0.05, 0) is 26.3 Å². The average Bonchev–Trinajstić information content (AvgIpc) is 2.64. The summed E-state index contributed by atoms with van der Waals surface area (Å²) in [4.78, 5) is 15.6. The molecule has 1 unspecified atom stereocenters. The van der Waals surface area contributed by atoms with Gasteiger partial charge in [0.2, 0.25) is 5.91 Å². The van der Waals surface area contributed by atoms with Gasteiger partial charge in [0.25, 0.3) is 0 Å². The molecule has 0 saturated carbocycles. The van der Waals surface area contributed by atoms with Crippen molar-refractivity contribution in [1.82, 2.24) is 9.80 Å². The Morgan fingerprint density at radius 3 is 2.71 bits per heavy atom. The van der Waals surface area contributed by atoms with E-state index in [2.05, 4.69) is 25.3 Å². The summed E-state index contributed by atoms with van der Waals surface area (Å²) < 4.78 is 0. The Hall–Kier alpha value is -0.830. The van der Waals surface area contributed by atoms with Gasteiger partial charge < -0.3 is 4.90 Å². The number of hydrogen-bond acceptors (Lipinski definition) is 2. The first-order valence-electron chi connectivity index (χ1n) is 5.19. The van der Waals surface area contributed by atoms with Crippen molar-refractivity contribution in [2.45, 2.75) is 32.4 Å². The minimum absolute atomic E-state index is 0.0283. The van der Waals surface area contributed by atoms with Crippen molar-refractivity contribution < 1.29 is 4.79 Å². The van der Waals surface area contributed by atoms with Crippen LogP contribution in [0.3, 0.4) is 0 Å². The first-order chi connectivity index (χ1) is 6.56. The van der Waals surface area contributed by atoms with E-state index >= 15 is 0 Å². The molecule has 1 fully saturated rings. The van der Waals surface area contributed by atoms with Gasteiger partial charge in [0.1, 0.15) is 0 Å². The number of hydrogen-bond donors (Lipinski definition) is 0. The number of carbonyl (C=O) groups excluding carboxylic acids is 1. The van der Waals surface area contributed by atoms with Crippen LogP contribution in [0.25, 0.3) is 0 Å². The maximum absolute atomic E-state index is 11.4. The summed E-state index contributed by atoms with van der Waals surface area (Å²) in [5.74, 6) is 0.0283. The topological polar surface area (TPSA) is 23.6 Å². The van der Waals surface area contributed by atoms with E-state index in [-0.39, 0.29) is 5.91 Å². The summed E-state index contributed by atoms with van der Waals surface area (Å²) in [6, 6.07) is 0.940. The number of likely N-dealkylation sites (tertiary alicyclic amines) is 1. The molecule has 0 aliphatic carbocycles. The molecule has 0 aromatic rings. The fraction of sp³-hybridized carbons (Fsp3) is 0.727. The van der Waals surface area contributed by atoms with Gasteiger partial charge in [0.05, 0.1) is 0 Å². The van der Waals surface area contributed by atoms with Crippen LogP contribution in [0.4, 0.5) is 0 Å². The number of likely N-dealkylation sites (N-methyl/N-ethyl adjacent to an activating group) is 1. The first kappa shape index (κ1) is 11.2. The molecule has 1 aliphatic heterocycles. The van der Waals surface area contributed by atoms with Gasteiger partial charge in [-0.1, -0.05) is 6.58 Å². The highest BCUT2D eigenvalue weighted by atomic mass is 16.2. The molecule has 0 bridgehead atoms. The summed E-state index contributed by atoms with van der Waals surface area (Å²) in [5, 5.41) is 0. The van der Waals surface area contributed by atoms with Crippen molar-refractivity contribution in [3.63, 3.8) is 0 Å². The number of amides is 1. The Morgan fingerprint density at radius 2 is 2.29 bits per heavy atom. The van der Waals surface area contributed by atoms with Crippen LogP contribution in [0.5, 0.6) is 0 Å².